The lowest BCUT2D eigenvalue weighted by Crippen LogP contribution is -2.09. The highest BCUT2D eigenvalue weighted by molar-refractivity contribution is 9.10. The van der Waals surface area contributed by atoms with Gasteiger partial charge in [-0.3, -0.25) is 0 Å². The zero-order chi connectivity index (χ0) is 12.0. The first-order valence-corrected chi connectivity index (χ1v) is 5.70. The highest BCUT2D eigenvalue weighted by Gasteiger charge is 2.25. The van der Waals surface area contributed by atoms with E-state index in [9.17, 15) is 13.2 Å². The summed E-state index contributed by atoms with van der Waals surface area (Å²) in [5.41, 5.74) is 0. The summed E-state index contributed by atoms with van der Waals surface area (Å²) in [6, 6.07) is 5.37. The van der Waals surface area contributed by atoms with Gasteiger partial charge in [0.2, 0.25) is 0 Å². The Morgan fingerprint density at radius 2 is 2.00 bits per heavy atom. The molecule has 0 aliphatic heterocycles. The minimum Gasteiger partial charge on any atom is -0.370 e. The van der Waals surface area contributed by atoms with Crippen LogP contribution in [-0.4, -0.2) is 17.7 Å². The smallest absolute Gasteiger partial charge is 0.370 e. The molecular weight excluding hydrogens is 285 g/mol. The molecule has 16 heavy (non-hydrogen) atoms. The second kappa shape index (κ2) is 6.08. The zero-order valence-electron chi connectivity index (χ0n) is 8.52. The van der Waals surface area contributed by atoms with Gasteiger partial charge in [0.25, 0.3) is 0 Å². The van der Waals surface area contributed by atoms with E-state index in [4.69, 9.17) is 0 Å². The number of hydrogen-bond donors (Lipinski definition) is 1. The molecule has 0 spiro atoms. The van der Waals surface area contributed by atoms with Gasteiger partial charge in [0.05, 0.1) is 0 Å². The number of nitrogens with zero attached hydrogens (tertiary/aromatic N) is 1. The predicted octanol–water partition coefficient (Wildman–Crippen LogP) is 3.99. The van der Waals surface area contributed by atoms with Crippen molar-refractivity contribution in [1.29, 1.82) is 0 Å². The van der Waals surface area contributed by atoms with Gasteiger partial charge in [-0.05, 0) is 40.9 Å². The van der Waals surface area contributed by atoms with E-state index in [1.54, 1.807) is 12.1 Å². The van der Waals surface area contributed by atoms with Gasteiger partial charge in [-0.25, -0.2) is 4.98 Å². The predicted molar refractivity (Wildman–Crippen MR) is 60.3 cm³/mol. The molecule has 1 aromatic heterocycles. The van der Waals surface area contributed by atoms with E-state index in [-0.39, 0.29) is 6.42 Å². The second-order valence-corrected chi connectivity index (χ2v) is 4.16. The molecule has 1 rings (SSSR count). The molecule has 0 aromatic carbocycles. The van der Waals surface area contributed by atoms with Crippen LogP contribution in [0.1, 0.15) is 19.3 Å². The third-order valence-electron chi connectivity index (χ3n) is 1.91. The number of alkyl halides is 3. The Morgan fingerprint density at radius 1 is 1.25 bits per heavy atom. The first kappa shape index (κ1) is 13.3. The molecule has 6 heteroatoms. The topological polar surface area (TPSA) is 24.9 Å². The lowest BCUT2D eigenvalue weighted by molar-refractivity contribution is -0.135. The summed E-state index contributed by atoms with van der Waals surface area (Å²) in [4.78, 5) is 4.10. The summed E-state index contributed by atoms with van der Waals surface area (Å²) in [6.45, 7) is 0.500. The molecule has 0 fully saturated rings. The molecule has 0 radical (unpaired) electrons. The largest absolute Gasteiger partial charge is 0.389 e. The van der Waals surface area contributed by atoms with Crippen LogP contribution in [0.2, 0.25) is 0 Å². The van der Waals surface area contributed by atoms with Crippen molar-refractivity contribution in [3.05, 3.63) is 22.8 Å². The summed E-state index contributed by atoms with van der Waals surface area (Å²) in [5.74, 6) is 0.668. The molecule has 1 N–H and O–H groups in total. The number of anilines is 1. The fourth-order valence-electron chi connectivity index (χ4n) is 1.17. The van der Waals surface area contributed by atoms with Crippen molar-refractivity contribution in [2.75, 3.05) is 11.9 Å². The van der Waals surface area contributed by atoms with Crippen LogP contribution in [-0.2, 0) is 0 Å². The summed E-state index contributed by atoms with van der Waals surface area (Å²) >= 11 is 3.21. The van der Waals surface area contributed by atoms with Gasteiger partial charge in [0.15, 0.2) is 0 Å². The van der Waals surface area contributed by atoms with Crippen molar-refractivity contribution in [2.24, 2.45) is 0 Å². The van der Waals surface area contributed by atoms with Crippen molar-refractivity contribution >= 4 is 21.7 Å². The zero-order valence-corrected chi connectivity index (χ0v) is 10.1. The van der Waals surface area contributed by atoms with Gasteiger partial charge in [-0.1, -0.05) is 6.07 Å². The fraction of sp³-hybridized carbons (Fsp3) is 0.500. The van der Waals surface area contributed by atoms with Gasteiger partial charge in [0, 0.05) is 13.0 Å². The monoisotopic (exact) mass is 296 g/mol. The fourth-order valence-corrected chi connectivity index (χ4v) is 1.52. The van der Waals surface area contributed by atoms with E-state index in [1.807, 2.05) is 6.07 Å². The van der Waals surface area contributed by atoms with E-state index in [0.29, 0.717) is 23.4 Å². The quantitative estimate of drug-likeness (QED) is 0.656. The van der Waals surface area contributed by atoms with E-state index >= 15 is 0 Å². The highest BCUT2D eigenvalue weighted by atomic mass is 79.9. The average Bonchev–Trinajstić information content (AvgIpc) is 2.15. The lowest BCUT2D eigenvalue weighted by Gasteiger charge is -2.07. The minimum absolute atomic E-state index is 0.143. The number of pyridine rings is 1. The number of hydrogen-bond acceptors (Lipinski definition) is 2. The number of aromatic nitrogens is 1. The van der Waals surface area contributed by atoms with Crippen molar-refractivity contribution in [3.63, 3.8) is 0 Å². The van der Waals surface area contributed by atoms with Gasteiger partial charge in [-0.15, -0.1) is 0 Å². The third kappa shape index (κ3) is 5.95. The first-order chi connectivity index (χ1) is 7.47. The van der Waals surface area contributed by atoms with Crippen LogP contribution in [0.3, 0.4) is 0 Å². The van der Waals surface area contributed by atoms with Gasteiger partial charge in [0.1, 0.15) is 10.4 Å². The van der Waals surface area contributed by atoms with Crippen LogP contribution >= 0.6 is 15.9 Å². The molecule has 0 unspecified atom stereocenters. The summed E-state index contributed by atoms with van der Waals surface area (Å²) in [6.07, 6.45) is -4.15. The molecule has 0 bridgehead atoms. The van der Waals surface area contributed by atoms with Crippen molar-refractivity contribution in [3.8, 4) is 0 Å². The molecule has 2 nitrogen and oxygen atoms in total. The number of halogens is 4. The van der Waals surface area contributed by atoms with Crippen LogP contribution in [0, 0.1) is 0 Å². The Labute approximate surface area is 100 Å². The van der Waals surface area contributed by atoms with Gasteiger partial charge < -0.3 is 5.32 Å². The molecule has 0 amide bonds. The van der Waals surface area contributed by atoms with Crippen LogP contribution in [0.4, 0.5) is 19.0 Å². The van der Waals surface area contributed by atoms with E-state index in [1.165, 1.54) is 0 Å². The minimum atomic E-state index is -4.05. The number of rotatable bonds is 5. The molecular formula is C10H12BrF3N2. The second-order valence-electron chi connectivity index (χ2n) is 3.34. The van der Waals surface area contributed by atoms with Gasteiger partial charge >= 0.3 is 6.18 Å². The molecule has 1 heterocycles. The number of nitrogens with one attached hydrogen (secondary N) is 1. The summed E-state index contributed by atoms with van der Waals surface area (Å²) < 4.78 is 36.2. The Bertz CT molecular complexity index is 328. The van der Waals surface area contributed by atoms with Crippen molar-refractivity contribution < 1.29 is 13.2 Å². The van der Waals surface area contributed by atoms with Crippen molar-refractivity contribution in [1.82, 2.24) is 4.98 Å². The van der Waals surface area contributed by atoms with E-state index in [0.717, 1.165) is 0 Å². The Morgan fingerprint density at radius 3 is 2.62 bits per heavy atom. The van der Waals surface area contributed by atoms with E-state index in [2.05, 4.69) is 26.2 Å². The highest BCUT2D eigenvalue weighted by Crippen LogP contribution is 2.22. The van der Waals surface area contributed by atoms with Crippen LogP contribution in [0.25, 0.3) is 0 Å². The molecule has 0 aliphatic rings. The first-order valence-electron chi connectivity index (χ1n) is 4.90. The van der Waals surface area contributed by atoms with Gasteiger partial charge in [-0.2, -0.15) is 13.2 Å². The maximum absolute atomic E-state index is 11.8. The molecule has 90 valence electrons. The van der Waals surface area contributed by atoms with Crippen LogP contribution in [0.15, 0.2) is 22.8 Å². The van der Waals surface area contributed by atoms with Crippen LogP contribution < -0.4 is 5.32 Å². The molecule has 1 aromatic rings. The standard InChI is InChI=1S/C10H12BrF3N2/c11-8-4-3-5-9(16-8)15-7-2-1-6-10(12,13)14/h3-5H,1-2,6-7H2,(H,15,16). The Kier molecular flexibility index (Phi) is 5.05. The molecule has 0 aliphatic carbocycles. The molecule has 0 atom stereocenters. The average molecular weight is 297 g/mol. The van der Waals surface area contributed by atoms with E-state index < -0.39 is 12.6 Å². The maximum Gasteiger partial charge on any atom is 0.389 e. The maximum atomic E-state index is 11.8. The van der Waals surface area contributed by atoms with Crippen molar-refractivity contribution in [2.45, 2.75) is 25.4 Å². The van der Waals surface area contributed by atoms with Crippen LogP contribution in [0.5, 0.6) is 0 Å². The normalized spacial score (nSPS) is 11.5. The third-order valence-corrected chi connectivity index (χ3v) is 2.35. The molecule has 0 saturated carbocycles. The SMILES string of the molecule is FC(F)(F)CCCCNc1cccc(Br)n1. The summed E-state index contributed by atoms with van der Waals surface area (Å²) in [7, 11) is 0. The number of unbranched alkanes of at least 4 members (excludes halogenated alkanes) is 1. The molecule has 0 saturated heterocycles. The lowest BCUT2D eigenvalue weighted by atomic mass is 10.2. The Balaban J connectivity index is 2.17. The Hall–Kier alpha value is -0.780. The summed E-state index contributed by atoms with van der Waals surface area (Å²) in [5, 5.41) is 2.96.